The Labute approximate surface area is 77.1 Å². The summed E-state index contributed by atoms with van der Waals surface area (Å²) in [5.74, 6) is 2.12. The van der Waals surface area contributed by atoms with E-state index in [2.05, 4.69) is 9.99 Å². The normalized spacial score (nSPS) is 42.3. The van der Waals surface area contributed by atoms with Crippen LogP contribution in [0.4, 0.5) is 0 Å². The van der Waals surface area contributed by atoms with Gasteiger partial charge in [0, 0.05) is 5.92 Å². The number of fused-ring (bicyclic) bond motifs is 2. The second-order valence-electron chi connectivity index (χ2n) is 4.50. The van der Waals surface area contributed by atoms with E-state index in [1.165, 1.54) is 25.7 Å². The molecule has 1 heterocycles. The largest absolute Gasteiger partial charge is 0.340 e. The third-order valence-corrected chi connectivity index (χ3v) is 3.76. The molecular formula is C10H13NO2. The fraction of sp³-hybridized carbons (Fsp3) is 0.800. The number of oxime groups is 1. The van der Waals surface area contributed by atoms with Gasteiger partial charge in [0.1, 0.15) is 0 Å². The zero-order chi connectivity index (χ0) is 8.84. The highest BCUT2D eigenvalue weighted by Gasteiger charge is 2.43. The Morgan fingerprint density at radius 3 is 2.77 bits per heavy atom. The van der Waals surface area contributed by atoms with Crippen molar-refractivity contribution in [2.24, 2.45) is 22.9 Å². The standard InChI is InChI=1S/C10H13NO2/c12-10-5-9(11-13-10)8-4-6-1-2-7(8)3-6/h6-8H,1-5H2. The lowest BCUT2D eigenvalue weighted by Gasteiger charge is -2.19. The molecule has 3 nitrogen and oxygen atoms in total. The van der Waals surface area contributed by atoms with Gasteiger partial charge in [0.25, 0.3) is 0 Å². The Kier molecular flexibility index (Phi) is 1.49. The Bertz CT molecular complexity index is 285. The number of nitrogens with zero attached hydrogens (tertiary/aromatic N) is 1. The smallest absolute Gasteiger partial charge is 0.318 e. The van der Waals surface area contributed by atoms with Crippen LogP contribution in [0.3, 0.4) is 0 Å². The van der Waals surface area contributed by atoms with Crippen LogP contribution in [-0.4, -0.2) is 11.7 Å². The minimum atomic E-state index is -0.169. The lowest BCUT2D eigenvalue weighted by Crippen LogP contribution is -2.20. The van der Waals surface area contributed by atoms with Gasteiger partial charge in [-0.05, 0) is 31.1 Å². The predicted molar refractivity (Wildman–Crippen MR) is 47.1 cm³/mol. The molecule has 0 saturated heterocycles. The van der Waals surface area contributed by atoms with Gasteiger partial charge in [-0.15, -0.1) is 0 Å². The highest BCUT2D eigenvalue weighted by molar-refractivity contribution is 6.03. The molecule has 3 heteroatoms. The Hall–Kier alpha value is -0.860. The van der Waals surface area contributed by atoms with Crippen molar-refractivity contribution in [3.05, 3.63) is 0 Å². The summed E-state index contributed by atoms with van der Waals surface area (Å²) in [4.78, 5) is 15.5. The lowest BCUT2D eigenvalue weighted by atomic mass is 9.84. The lowest BCUT2D eigenvalue weighted by molar-refractivity contribution is -0.140. The van der Waals surface area contributed by atoms with Crippen molar-refractivity contribution in [1.29, 1.82) is 0 Å². The second kappa shape index (κ2) is 2.56. The molecule has 0 aromatic rings. The van der Waals surface area contributed by atoms with Gasteiger partial charge < -0.3 is 4.84 Å². The average molecular weight is 179 g/mol. The molecule has 0 radical (unpaired) electrons. The van der Waals surface area contributed by atoms with Gasteiger partial charge in [0.05, 0.1) is 12.1 Å². The molecular weight excluding hydrogens is 166 g/mol. The molecule has 0 spiro atoms. The van der Waals surface area contributed by atoms with Crippen molar-refractivity contribution in [2.75, 3.05) is 0 Å². The zero-order valence-corrected chi connectivity index (χ0v) is 7.53. The summed E-state index contributed by atoms with van der Waals surface area (Å²) < 4.78 is 0. The van der Waals surface area contributed by atoms with E-state index in [1.807, 2.05) is 0 Å². The van der Waals surface area contributed by atoms with Gasteiger partial charge in [-0.25, -0.2) is 4.79 Å². The van der Waals surface area contributed by atoms with Crippen molar-refractivity contribution in [1.82, 2.24) is 0 Å². The average Bonchev–Trinajstić information content (AvgIpc) is 2.77. The van der Waals surface area contributed by atoms with Gasteiger partial charge in [-0.1, -0.05) is 11.6 Å². The van der Waals surface area contributed by atoms with Crippen LogP contribution in [0.2, 0.25) is 0 Å². The zero-order valence-electron chi connectivity index (χ0n) is 7.53. The van der Waals surface area contributed by atoms with Gasteiger partial charge >= 0.3 is 5.97 Å². The van der Waals surface area contributed by atoms with Crippen molar-refractivity contribution in [3.8, 4) is 0 Å². The molecule has 3 aliphatic rings. The van der Waals surface area contributed by atoms with E-state index >= 15 is 0 Å². The highest BCUT2D eigenvalue weighted by Crippen LogP contribution is 2.49. The van der Waals surface area contributed by atoms with Crippen molar-refractivity contribution in [3.63, 3.8) is 0 Å². The van der Waals surface area contributed by atoms with E-state index in [9.17, 15) is 4.79 Å². The molecule has 70 valence electrons. The molecule has 2 aliphatic carbocycles. The first kappa shape index (κ1) is 7.54. The Balaban J connectivity index is 1.76. The summed E-state index contributed by atoms with van der Waals surface area (Å²) in [5, 5.41) is 3.88. The van der Waals surface area contributed by atoms with Crippen molar-refractivity contribution in [2.45, 2.75) is 32.1 Å². The third kappa shape index (κ3) is 1.10. The van der Waals surface area contributed by atoms with E-state index in [0.717, 1.165) is 17.5 Å². The van der Waals surface area contributed by atoms with Crippen LogP contribution in [0.15, 0.2) is 5.16 Å². The third-order valence-electron chi connectivity index (χ3n) is 3.76. The van der Waals surface area contributed by atoms with Gasteiger partial charge in [-0.2, -0.15) is 0 Å². The van der Waals surface area contributed by atoms with Crippen LogP contribution >= 0.6 is 0 Å². The van der Waals surface area contributed by atoms with E-state index < -0.39 is 0 Å². The summed E-state index contributed by atoms with van der Waals surface area (Å²) in [6.45, 7) is 0. The van der Waals surface area contributed by atoms with E-state index in [0.29, 0.717) is 12.3 Å². The molecule has 0 N–H and O–H groups in total. The fourth-order valence-corrected chi connectivity index (χ4v) is 3.17. The van der Waals surface area contributed by atoms with Crippen LogP contribution in [0, 0.1) is 17.8 Å². The number of carbonyl (C=O) groups is 1. The molecule has 0 aromatic heterocycles. The summed E-state index contributed by atoms with van der Waals surface area (Å²) in [5.41, 5.74) is 1.03. The molecule has 3 atom stereocenters. The highest BCUT2D eigenvalue weighted by atomic mass is 16.7. The maximum atomic E-state index is 10.9. The molecule has 3 rings (SSSR count). The van der Waals surface area contributed by atoms with Crippen LogP contribution in [0.25, 0.3) is 0 Å². The quantitative estimate of drug-likeness (QED) is 0.575. The summed E-state index contributed by atoms with van der Waals surface area (Å²) >= 11 is 0. The fourth-order valence-electron chi connectivity index (χ4n) is 3.17. The van der Waals surface area contributed by atoms with Crippen LogP contribution < -0.4 is 0 Å². The molecule has 3 unspecified atom stereocenters. The first-order chi connectivity index (χ1) is 6.33. The minimum Gasteiger partial charge on any atom is -0.318 e. The SMILES string of the molecule is O=C1CC(C2CC3CCC2C3)=NO1. The Morgan fingerprint density at radius 1 is 1.31 bits per heavy atom. The van der Waals surface area contributed by atoms with Crippen LogP contribution in [-0.2, 0) is 9.63 Å². The molecule has 13 heavy (non-hydrogen) atoms. The number of rotatable bonds is 1. The topological polar surface area (TPSA) is 38.7 Å². The molecule has 2 bridgehead atoms. The molecule has 0 aromatic carbocycles. The van der Waals surface area contributed by atoms with E-state index in [4.69, 9.17) is 0 Å². The monoisotopic (exact) mass is 179 g/mol. The van der Waals surface area contributed by atoms with Gasteiger partial charge in [0.2, 0.25) is 0 Å². The first-order valence-electron chi connectivity index (χ1n) is 5.09. The molecule has 1 aliphatic heterocycles. The summed E-state index contributed by atoms with van der Waals surface area (Å²) in [7, 11) is 0. The maximum Gasteiger partial charge on any atom is 0.340 e. The minimum absolute atomic E-state index is 0.169. The second-order valence-corrected chi connectivity index (χ2v) is 4.50. The van der Waals surface area contributed by atoms with Crippen molar-refractivity contribution < 1.29 is 9.63 Å². The van der Waals surface area contributed by atoms with Crippen LogP contribution in [0.5, 0.6) is 0 Å². The van der Waals surface area contributed by atoms with Gasteiger partial charge in [-0.3, -0.25) is 0 Å². The summed E-state index contributed by atoms with van der Waals surface area (Å²) in [6.07, 6.45) is 5.79. The Morgan fingerprint density at radius 2 is 2.23 bits per heavy atom. The molecule has 0 amide bonds. The molecule has 2 fully saturated rings. The van der Waals surface area contributed by atoms with E-state index in [1.54, 1.807) is 0 Å². The number of hydrogen-bond acceptors (Lipinski definition) is 3. The van der Waals surface area contributed by atoms with E-state index in [-0.39, 0.29) is 5.97 Å². The molecule has 2 saturated carbocycles. The summed E-state index contributed by atoms with van der Waals surface area (Å²) in [6, 6.07) is 0. The predicted octanol–water partition coefficient (Wildman–Crippen LogP) is 1.73. The van der Waals surface area contributed by atoms with Crippen LogP contribution in [0.1, 0.15) is 32.1 Å². The maximum absolute atomic E-state index is 10.9. The number of carbonyl (C=O) groups excluding carboxylic acids is 1. The first-order valence-corrected chi connectivity index (χ1v) is 5.09. The van der Waals surface area contributed by atoms with Gasteiger partial charge in [0.15, 0.2) is 0 Å². The number of hydrogen-bond donors (Lipinski definition) is 0. The van der Waals surface area contributed by atoms with Crippen molar-refractivity contribution >= 4 is 11.7 Å².